The number of amides is 2. The fourth-order valence-electron chi connectivity index (χ4n) is 5.12. The van der Waals surface area contributed by atoms with Gasteiger partial charge in [0.1, 0.15) is 24.8 Å². The van der Waals surface area contributed by atoms with Crippen LogP contribution < -0.4 is 14.8 Å². The molecule has 4 rings (SSSR count). The van der Waals surface area contributed by atoms with Crippen LogP contribution in [0.15, 0.2) is 18.2 Å². The number of rotatable bonds is 7. The minimum absolute atomic E-state index is 0.117. The predicted molar refractivity (Wildman–Crippen MR) is 124 cm³/mol. The maximum Gasteiger partial charge on any atom is 0.248 e. The smallest absolute Gasteiger partial charge is 0.248 e. The van der Waals surface area contributed by atoms with Crippen LogP contribution in [0, 0.1) is 5.92 Å². The first-order valence-corrected chi connectivity index (χ1v) is 12.3. The standard InChI is InChI=1S/C25H37N3O5/c1-4-5-10-28-23(30)21(22(29)17(2)3)26-24(31)25(28)8-11-27(12-9-25)16-18-6-7-19-20(15-18)33-14-13-32-19/h6-7,15,17,21-22,29H,4-5,8-14,16H2,1-3H3,(H,26,31)/t21-,22+/m0/s1. The molecule has 1 aromatic rings. The van der Waals surface area contributed by atoms with Crippen LogP contribution in [0.3, 0.4) is 0 Å². The molecule has 3 aliphatic rings. The van der Waals surface area contributed by atoms with Crippen molar-refractivity contribution in [1.29, 1.82) is 0 Å². The zero-order chi connectivity index (χ0) is 23.6. The molecule has 2 atom stereocenters. The van der Waals surface area contributed by atoms with Gasteiger partial charge in [-0.1, -0.05) is 33.3 Å². The maximum absolute atomic E-state index is 13.4. The number of nitrogens with one attached hydrogen (secondary N) is 1. The Kier molecular flexibility index (Phi) is 7.14. The summed E-state index contributed by atoms with van der Waals surface area (Å²) in [7, 11) is 0. The van der Waals surface area contributed by atoms with Gasteiger partial charge in [0.25, 0.3) is 0 Å². The molecule has 1 aromatic carbocycles. The van der Waals surface area contributed by atoms with Crippen LogP contribution in [0.4, 0.5) is 0 Å². The lowest BCUT2D eigenvalue weighted by atomic mass is 9.80. The lowest BCUT2D eigenvalue weighted by molar-refractivity contribution is -0.165. The number of piperidine rings is 1. The van der Waals surface area contributed by atoms with Gasteiger partial charge in [0.05, 0.1) is 6.10 Å². The van der Waals surface area contributed by atoms with Crippen molar-refractivity contribution >= 4 is 11.8 Å². The largest absolute Gasteiger partial charge is 0.486 e. The van der Waals surface area contributed by atoms with E-state index in [1.165, 1.54) is 0 Å². The Labute approximate surface area is 196 Å². The van der Waals surface area contributed by atoms with Gasteiger partial charge in [0.2, 0.25) is 11.8 Å². The molecule has 0 radical (unpaired) electrons. The third-order valence-electron chi connectivity index (χ3n) is 7.21. The highest BCUT2D eigenvalue weighted by Crippen LogP contribution is 2.36. The van der Waals surface area contributed by atoms with Crippen molar-refractivity contribution in [1.82, 2.24) is 15.1 Å². The molecule has 0 aromatic heterocycles. The number of likely N-dealkylation sites (tertiary alicyclic amines) is 1. The number of unbranched alkanes of at least 4 members (excludes halogenated alkanes) is 1. The molecule has 3 aliphatic heterocycles. The highest BCUT2D eigenvalue weighted by molar-refractivity contribution is 6.00. The molecular weight excluding hydrogens is 422 g/mol. The second-order valence-electron chi connectivity index (χ2n) is 9.81. The van der Waals surface area contributed by atoms with Gasteiger partial charge in [-0.2, -0.15) is 0 Å². The average Bonchev–Trinajstić information content (AvgIpc) is 2.82. The summed E-state index contributed by atoms with van der Waals surface area (Å²) in [5.41, 5.74) is 0.310. The number of benzene rings is 1. The zero-order valence-electron chi connectivity index (χ0n) is 20.0. The Balaban J connectivity index is 1.46. The zero-order valence-corrected chi connectivity index (χ0v) is 20.0. The number of ether oxygens (including phenoxy) is 2. The minimum atomic E-state index is -0.891. The van der Waals surface area contributed by atoms with E-state index in [2.05, 4.69) is 23.2 Å². The number of carbonyl (C=O) groups excluding carboxylic acids is 2. The fraction of sp³-hybridized carbons (Fsp3) is 0.680. The Morgan fingerprint density at radius 3 is 2.52 bits per heavy atom. The second kappa shape index (κ2) is 9.89. The number of carbonyl (C=O) groups is 2. The van der Waals surface area contributed by atoms with E-state index < -0.39 is 17.7 Å². The first kappa shape index (κ1) is 23.8. The Morgan fingerprint density at radius 2 is 1.85 bits per heavy atom. The monoisotopic (exact) mass is 459 g/mol. The molecule has 0 bridgehead atoms. The van der Waals surface area contributed by atoms with Gasteiger partial charge in [-0.3, -0.25) is 14.5 Å². The van der Waals surface area contributed by atoms with E-state index in [1.54, 1.807) is 4.90 Å². The molecule has 182 valence electrons. The van der Waals surface area contributed by atoms with E-state index in [-0.39, 0.29) is 17.7 Å². The molecule has 8 nitrogen and oxygen atoms in total. The van der Waals surface area contributed by atoms with Crippen LogP contribution >= 0.6 is 0 Å². The fourth-order valence-corrected chi connectivity index (χ4v) is 5.12. The van der Waals surface area contributed by atoms with E-state index in [4.69, 9.17) is 9.47 Å². The quantitative estimate of drug-likeness (QED) is 0.648. The van der Waals surface area contributed by atoms with E-state index in [0.29, 0.717) is 32.6 Å². The highest BCUT2D eigenvalue weighted by Gasteiger charge is 2.54. The average molecular weight is 460 g/mol. The van der Waals surface area contributed by atoms with Gasteiger partial charge in [-0.15, -0.1) is 0 Å². The van der Waals surface area contributed by atoms with Gasteiger partial charge in [0.15, 0.2) is 11.5 Å². The molecule has 1 spiro atoms. The van der Waals surface area contributed by atoms with Gasteiger partial charge >= 0.3 is 0 Å². The van der Waals surface area contributed by atoms with Crippen molar-refractivity contribution in [3.8, 4) is 11.5 Å². The Hall–Kier alpha value is -2.32. The SMILES string of the molecule is CCCCN1C(=O)[C@H]([C@H](O)C(C)C)NC(=O)C12CCN(Cc1ccc3c(c1)OCCO3)CC2. The van der Waals surface area contributed by atoms with Crippen molar-refractivity contribution in [2.45, 2.75) is 70.7 Å². The van der Waals surface area contributed by atoms with Crippen LogP contribution in [-0.4, -0.2) is 77.3 Å². The van der Waals surface area contributed by atoms with Crippen molar-refractivity contribution in [3.63, 3.8) is 0 Å². The summed E-state index contributed by atoms with van der Waals surface area (Å²) in [6.07, 6.45) is 2.06. The number of hydrogen-bond donors (Lipinski definition) is 2. The third-order valence-corrected chi connectivity index (χ3v) is 7.21. The molecule has 8 heteroatoms. The minimum Gasteiger partial charge on any atom is -0.486 e. The van der Waals surface area contributed by atoms with Gasteiger partial charge in [-0.25, -0.2) is 0 Å². The molecule has 0 saturated carbocycles. The van der Waals surface area contributed by atoms with Crippen LogP contribution in [0.5, 0.6) is 11.5 Å². The van der Waals surface area contributed by atoms with Crippen LogP contribution in [0.25, 0.3) is 0 Å². The molecule has 2 fully saturated rings. The third kappa shape index (κ3) is 4.68. The normalized spacial score (nSPS) is 23.7. The van der Waals surface area contributed by atoms with E-state index in [9.17, 15) is 14.7 Å². The van der Waals surface area contributed by atoms with Crippen molar-refractivity contribution in [2.75, 3.05) is 32.8 Å². The summed E-state index contributed by atoms with van der Waals surface area (Å²) >= 11 is 0. The van der Waals surface area contributed by atoms with Gasteiger partial charge in [0, 0.05) is 26.2 Å². The van der Waals surface area contributed by atoms with Gasteiger partial charge < -0.3 is 24.8 Å². The number of fused-ring (bicyclic) bond motifs is 1. The summed E-state index contributed by atoms with van der Waals surface area (Å²) in [6, 6.07) is 5.17. The summed E-state index contributed by atoms with van der Waals surface area (Å²) in [4.78, 5) is 30.9. The van der Waals surface area contributed by atoms with Gasteiger partial charge in [-0.05, 0) is 42.9 Å². The van der Waals surface area contributed by atoms with Crippen LogP contribution in [0.2, 0.25) is 0 Å². The molecule has 2 N–H and O–H groups in total. The van der Waals surface area contributed by atoms with E-state index >= 15 is 0 Å². The van der Waals surface area contributed by atoms with Crippen LogP contribution in [-0.2, 0) is 16.1 Å². The number of hydrogen-bond acceptors (Lipinski definition) is 6. The summed E-state index contributed by atoms with van der Waals surface area (Å²) in [5, 5.41) is 13.5. The second-order valence-corrected chi connectivity index (χ2v) is 9.81. The lowest BCUT2D eigenvalue weighted by Crippen LogP contribution is -2.74. The summed E-state index contributed by atoms with van der Waals surface area (Å²) in [6.45, 7) is 9.68. The van der Waals surface area contributed by atoms with Crippen molar-refractivity contribution in [3.05, 3.63) is 23.8 Å². The lowest BCUT2D eigenvalue weighted by Gasteiger charge is -2.52. The number of nitrogens with zero attached hydrogens (tertiary/aromatic N) is 2. The summed E-state index contributed by atoms with van der Waals surface area (Å²) in [5.74, 6) is 1.18. The number of piperazine rings is 1. The molecule has 2 saturated heterocycles. The summed E-state index contributed by atoms with van der Waals surface area (Å²) < 4.78 is 11.3. The Bertz CT molecular complexity index is 866. The molecule has 33 heavy (non-hydrogen) atoms. The van der Waals surface area contributed by atoms with Crippen molar-refractivity contribution in [2.24, 2.45) is 5.92 Å². The topological polar surface area (TPSA) is 91.3 Å². The van der Waals surface area contributed by atoms with Crippen LogP contribution in [0.1, 0.15) is 52.0 Å². The molecule has 0 unspecified atom stereocenters. The molecule has 3 heterocycles. The maximum atomic E-state index is 13.4. The highest BCUT2D eigenvalue weighted by atomic mass is 16.6. The molecule has 2 amide bonds. The Morgan fingerprint density at radius 1 is 1.15 bits per heavy atom. The number of aliphatic hydroxyl groups is 1. The first-order valence-electron chi connectivity index (χ1n) is 12.3. The predicted octanol–water partition coefficient (Wildman–Crippen LogP) is 1.94. The number of aliphatic hydroxyl groups excluding tert-OH is 1. The molecule has 0 aliphatic carbocycles. The first-order chi connectivity index (χ1) is 15.9. The van der Waals surface area contributed by atoms with E-state index in [0.717, 1.165) is 49.5 Å². The van der Waals surface area contributed by atoms with Crippen molar-refractivity contribution < 1.29 is 24.2 Å². The molecular formula is C25H37N3O5. The van der Waals surface area contributed by atoms with E-state index in [1.807, 2.05) is 26.0 Å².